The number of ether oxygens (including phenoxy) is 1. The number of aliphatic hydroxyl groups excluding tert-OH is 1. The standard InChI is InChI=1S/C18H24N3O8P/c1-3-19-30(26,29-12-7-5-4-6-8-12)27-11-13-15(23)18(2,25)16(28-13)21-10-9-14(22)20-17(21)24/h4-10,13,15-16,23,25H,3,11H2,1-2H3,(H,19,26)(H,20,22,24). The van der Waals surface area contributed by atoms with Crippen molar-refractivity contribution in [2.24, 2.45) is 0 Å². The van der Waals surface area contributed by atoms with Crippen LogP contribution in [0.15, 0.2) is 52.2 Å². The fraction of sp³-hybridized carbons (Fsp3) is 0.444. The highest BCUT2D eigenvalue weighted by molar-refractivity contribution is 7.52. The van der Waals surface area contributed by atoms with Gasteiger partial charge >= 0.3 is 13.4 Å². The monoisotopic (exact) mass is 441 g/mol. The average Bonchev–Trinajstić information content (AvgIpc) is 2.91. The molecule has 5 atom stereocenters. The number of H-pyrrole nitrogens is 1. The van der Waals surface area contributed by atoms with Crippen molar-refractivity contribution in [3.05, 3.63) is 63.4 Å². The maximum Gasteiger partial charge on any atom is 0.458 e. The zero-order valence-electron chi connectivity index (χ0n) is 16.4. The van der Waals surface area contributed by atoms with Gasteiger partial charge in [-0.25, -0.2) is 14.4 Å². The van der Waals surface area contributed by atoms with Crippen LogP contribution in [0.5, 0.6) is 5.75 Å². The molecule has 0 amide bonds. The van der Waals surface area contributed by atoms with Crippen LogP contribution in [0.4, 0.5) is 0 Å². The van der Waals surface area contributed by atoms with Gasteiger partial charge in [0.05, 0.1) is 6.61 Å². The normalized spacial score (nSPS) is 28.2. The van der Waals surface area contributed by atoms with Crippen molar-refractivity contribution in [1.82, 2.24) is 14.6 Å². The number of benzene rings is 1. The number of hydrogen-bond acceptors (Lipinski definition) is 8. The predicted octanol–water partition coefficient (Wildman–Crippen LogP) is 0.359. The molecule has 1 aromatic carbocycles. The Morgan fingerprint density at radius 2 is 2.00 bits per heavy atom. The Hall–Kier alpha value is -2.27. The molecule has 11 nitrogen and oxygen atoms in total. The van der Waals surface area contributed by atoms with Gasteiger partial charge < -0.3 is 19.5 Å². The summed E-state index contributed by atoms with van der Waals surface area (Å²) in [5.74, 6) is 0.319. The molecule has 1 fully saturated rings. The number of aliphatic hydroxyl groups is 2. The molecule has 2 aromatic rings. The van der Waals surface area contributed by atoms with Crippen LogP contribution in [0, 0.1) is 0 Å². The lowest BCUT2D eigenvalue weighted by Crippen LogP contribution is -2.46. The van der Waals surface area contributed by atoms with Gasteiger partial charge in [0.25, 0.3) is 5.56 Å². The molecule has 1 aliphatic rings. The Morgan fingerprint density at radius 1 is 1.30 bits per heavy atom. The van der Waals surface area contributed by atoms with Gasteiger partial charge in [-0.1, -0.05) is 25.1 Å². The predicted molar refractivity (Wildman–Crippen MR) is 106 cm³/mol. The van der Waals surface area contributed by atoms with Gasteiger partial charge in [-0.05, 0) is 19.1 Å². The zero-order valence-corrected chi connectivity index (χ0v) is 17.3. The van der Waals surface area contributed by atoms with Gasteiger partial charge in [0.15, 0.2) is 6.23 Å². The molecule has 0 aliphatic carbocycles. The molecule has 0 spiro atoms. The summed E-state index contributed by atoms with van der Waals surface area (Å²) < 4.78 is 30.5. The molecule has 30 heavy (non-hydrogen) atoms. The third-order valence-electron chi connectivity index (χ3n) is 4.59. The van der Waals surface area contributed by atoms with Crippen LogP contribution in [0.1, 0.15) is 20.1 Å². The average molecular weight is 441 g/mol. The Kier molecular flexibility index (Phi) is 6.61. The van der Waals surface area contributed by atoms with Crippen LogP contribution >= 0.6 is 7.75 Å². The molecule has 12 heteroatoms. The molecule has 1 aliphatic heterocycles. The van der Waals surface area contributed by atoms with Gasteiger partial charge in [0, 0.05) is 18.8 Å². The summed E-state index contributed by atoms with van der Waals surface area (Å²) in [5.41, 5.74) is -3.32. The van der Waals surface area contributed by atoms with Crippen LogP contribution < -0.4 is 20.9 Å². The minimum Gasteiger partial charge on any atom is -0.413 e. The first-order valence-electron chi connectivity index (χ1n) is 9.28. The second-order valence-corrected chi connectivity index (χ2v) is 8.68. The summed E-state index contributed by atoms with van der Waals surface area (Å²) in [6.07, 6.45) is -2.76. The molecule has 0 bridgehead atoms. The number of rotatable bonds is 8. The second kappa shape index (κ2) is 8.84. The number of hydrogen-bond donors (Lipinski definition) is 4. The van der Waals surface area contributed by atoms with Crippen molar-refractivity contribution < 1.29 is 28.6 Å². The Labute approximate surface area is 171 Å². The molecule has 1 saturated heterocycles. The van der Waals surface area contributed by atoms with Gasteiger partial charge in [-0.3, -0.25) is 18.9 Å². The number of para-hydroxylation sites is 1. The van der Waals surface area contributed by atoms with Crippen molar-refractivity contribution in [3.8, 4) is 5.75 Å². The third kappa shape index (κ3) is 4.72. The highest BCUT2D eigenvalue weighted by Crippen LogP contribution is 2.46. The van der Waals surface area contributed by atoms with E-state index in [2.05, 4.69) is 10.1 Å². The van der Waals surface area contributed by atoms with E-state index in [4.69, 9.17) is 13.8 Å². The van der Waals surface area contributed by atoms with E-state index in [1.807, 2.05) is 0 Å². The van der Waals surface area contributed by atoms with E-state index in [0.717, 1.165) is 16.8 Å². The lowest BCUT2D eigenvalue weighted by Gasteiger charge is -2.27. The molecule has 2 heterocycles. The minimum atomic E-state index is -3.81. The minimum absolute atomic E-state index is 0.283. The Morgan fingerprint density at radius 3 is 2.63 bits per heavy atom. The van der Waals surface area contributed by atoms with E-state index in [0.29, 0.717) is 5.75 Å². The topological polar surface area (TPSA) is 152 Å². The maximum absolute atomic E-state index is 13.0. The van der Waals surface area contributed by atoms with Gasteiger partial charge in [-0.15, -0.1) is 0 Å². The number of aromatic nitrogens is 2. The van der Waals surface area contributed by atoms with E-state index >= 15 is 0 Å². The summed E-state index contributed by atoms with van der Waals surface area (Å²) in [6, 6.07) is 9.49. The van der Waals surface area contributed by atoms with E-state index < -0.39 is 49.6 Å². The highest BCUT2D eigenvalue weighted by Gasteiger charge is 2.54. The van der Waals surface area contributed by atoms with Crippen molar-refractivity contribution in [2.45, 2.75) is 37.9 Å². The number of nitrogens with zero attached hydrogens (tertiary/aromatic N) is 1. The molecular formula is C18H24N3O8P. The summed E-state index contributed by atoms with van der Waals surface area (Å²) in [4.78, 5) is 25.4. The first-order valence-corrected chi connectivity index (χ1v) is 10.8. The molecule has 0 radical (unpaired) electrons. The van der Waals surface area contributed by atoms with Crippen molar-refractivity contribution in [2.75, 3.05) is 13.2 Å². The first kappa shape index (κ1) is 22.4. The van der Waals surface area contributed by atoms with E-state index in [-0.39, 0.29) is 6.54 Å². The van der Waals surface area contributed by atoms with E-state index in [1.165, 1.54) is 6.92 Å². The van der Waals surface area contributed by atoms with Gasteiger partial charge in [-0.2, -0.15) is 0 Å². The Balaban J connectivity index is 1.76. The second-order valence-electron chi connectivity index (χ2n) is 6.92. The van der Waals surface area contributed by atoms with Crippen molar-refractivity contribution >= 4 is 7.75 Å². The van der Waals surface area contributed by atoms with Crippen molar-refractivity contribution in [3.63, 3.8) is 0 Å². The molecule has 0 saturated carbocycles. The fourth-order valence-corrected chi connectivity index (χ4v) is 4.42. The maximum atomic E-state index is 13.0. The summed E-state index contributed by atoms with van der Waals surface area (Å²) in [5, 5.41) is 23.9. The highest BCUT2D eigenvalue weighted by atomic mass is 31.2. The smallest absolute Gasteiger partial charge is 0.413 e. The zero-order chi connectivity index (χ0) is 21.9. The fourth-order valence-electron chi connectivity index (χ4n) is 3.08. The quantitative estimate of drug-likeness (QED) is 0.426. The van der Waals surface area contributed by atoms with Gasteiger partial charge in [0.1, 0.15) is 23.6 Å². The van der Waals surface area contributed by atoms with E-state index in [1.54, 1.807) is 37.3 Å². The van der Waals surface area contributed by atoms with Crippen LogP contribution in [-0.2, 0) is 13.8 Å². The molecule has 164 valence electrons. The lowest BCUT2D eigenvalue weighted by molar-refractivity contribution is -0.0985. The van der Waals surface area contributed by atoms with Crippen LogP contribution in [0.25, 0.3) is 0 Å². The van der Waals surface area contributed by atoms with Crippen molar-refractivity contribution in [1.29, 1.82) is 0 Å². The largest absolute Gasteiger partial charge is 0.458 e. The summed E-state index contributed by atoms with van der Waals surface area (Å²) >= 11 is 0. The van der Waals surface area contributed by atoms with Crippen LogP contribution in [0.3, 0.4) is 0 Å². The van der Waals surface area contributed by atoms with Gasteiger partial charge in [0.2, 0.25) is 0 Å². The number of nitrogens with one attached hydrogen (secondary N) is 2. The lowest BCUT2D eigenvalue weighted by atomic mass is 9.96. The molecule has 5 unspecified atom stereocenters. The first-order chi connectivity index (χ1) is 14.2. The Bertz CT molecular complexity index is 1020. The molecule has 1 aromatic heterocycles. The summed E-state index contributed by atoms with van der Waals surface area (Å²) in [7, 11) is -3.81. The van der Waals surface area contributed by atoms with E-state index in [9.17, 15) is 24.4 Å². The van der Waals surface area contributed by atoms with Crippen LogP contribution in [0.2, 0.25) is 0 Å². The van der Waals surface area contributed by atoms with Crippen LogP contribution in [-0.4, -0.2) is 50.7 Å². The molecule has 4 N–H and O–H groups in total. The third-order valence-corrected chi connectivity index (χ3v) is 6.23. The number of aromatic amines is 1. The molecule has 3 rings (SSSR count). The SMILES string of the molecule is CCNP(=O)(OCC1OC(n2ccc(=O)[nH]c2=O)C(C)(O)C1O)Oc1ccccc1. The summed E-state index contributed by atoms with van der Waals surface area (Å²) in [6.45, 7) is 2.88. The molecular weight excluding hydrogens is 417 g/mol.